The molecule has 11 heteroatoms. The van der Waals surface area contributed by atoms with E-state index in [1.54, 1.807) is 29.8 Å². The number of hydrogen-bond acceptors (Lipinski definition) is 10. The third-order valence-corrected chi connectivity index (χ3v) is 9.12. The first-order valence-electron chi connectivity index (χ1n) is 14.3. The molecule has 2 aliphatic rings. The standard InChI is InChI=1S/C30H38N8O2S/c1-35(2)24-8-7-21(18-23(24)34-29(39)25-6-4-17-40-25)33-28-27-22-9-12-38(19-26(22)41-30(27)32-20-31-28)11-5-10-37-15-13-36(3)14-16-37/h4,6-8,17-18,20H,5,9-16,19H2,1-3H3,(H,34,39)(H,31,32,33). The Labute approximate surface area is 244 Å². The van der Waals surface area contributed by atoms with Gasteiger partial charge >= 0.3 is 0 Å². The fourth-order valence-corrected chi connectivity index (χ4v) is 6.92. The zero-order valence-electron chi connectivity index (χ0n) is 24.0. The minimum absolute atomic E-state index is 0.267. The van der Waals surface area contributed by atoms with Crippen LogP contribution in [0.3, 0.4) is 0 Å². The summed E-state index contributed by atoms with van der Waals surface area (Å²) in [7, 11) is 6.11. The molecule has 3 aromatic heterocycles. The van der Waals surface area contributed by atoms with Gasteiger partial charge in [-0.25, -0.2) is 9.97 Å². The molecule has 2 aliphatic heterocycles. The van der Waals surface area contributed by atoms with Crippen molar-refractivity contribution in [2.75, 3.05) is 82.5 Å². The minimum atomic E-state index is -0.292. The van der Waals surface area contributed by atoms with Gasteiger partial charge in [0.05, 0.1) is 23.0 Å². The summed E-state index contributed by atoms with van der Waals surface area (Å²) in [5.41, 5.74) is 3.78. The number of carbonyl (C=O) groups is 1. The molecule has 0 bridgehead atoms. The zero-order valence-corrected chi connectivity index (χ0v) is 24.8. The molecule has 10 nitrogen and oxygen atoms in total. The Hall–Kier alpha value is -3.51. The van der Waals surface area contributed by atoms with Crippen molar-refractivity contribution in [3.05, 3.63) is 59.1 Å². The molecule has 4 aromatic rings. The molecule has 41 heavy (non-hydrogen) atoms. The molecule has 1 fully saturated rings. The van der Waals surface area contributed by atoms with E-state index in [1.165, 1.54) is 55.8 Å². The van der Waals surface area contributed by atoms with Crippen LogP contribution in [0.2, 0.25) is 0 Å². The SMILES string of the molecule is CN1CCN(CCCN2CCc3c(sc4ncnc(Nc5ccc(N(C)C)c(NC(=O)c6ccco6)c5)c34)C2)CC1. The number of likely N-dealkylation sites (N-methyl/N-ethyl adjacent to an activating group) is 1. The number of hydrogen-bond donors (Lipinski definition) is 2. The number of fused-ring (bicyclic) bond motifs is 3. The maximum Gasteiger partial charge on any atom is 0.291 e. The molecular weight excluding hydrogens is 536 g/mol. The van der Waals surface area contributed by atoms with Crippen LogP contribution in [0.15, 0.2) is 47.3 Å². The summed E-state index contributed by atoms with van der Waals surface area (Å²) in [6.45, 7) is 9.04. The first-order valence-corrected chi connectivity index (χ1v) is 15.1. The smallest absolute Gasteiger partial charge is 0.291 e. The van der Waals surface area contributed by atoms with Gasteiger partial charge in [-0.3, -0.25) is 9.69 Å². The number of anilines is 4. The topological polar surface area (TPSA) is 93.0 Å². The lowest BCUT2D eigenvalue weighted by atomic mass is 10.0. The largest absolute Gasteiger partial charge is 0.459 e. The maximum absolute atomic E-state index is 12.7. The molecular formula is C30H38N8O2S. The summed E-state index contributed by atoms with van der Waals surface area (Å²) in [5, 5.41) is 7.63. The molecule has 6 rings (SSSR count). The van der Waals surface area contributed by atoms with Gasteiger partial charge in [0.2, 0.25) is 0 Å². The Morgan fingerprint density at radius 1 is 1.07 bits per heavy atom. The Balaban J connectivity index is 1.16. The number of benzene rings is 1. The van der Waals surface area contributed by atoms with E-state index in [4.69, 9.17) is 4.42 Å². The van der Waals surface area contributed by atoms with Crippen LogP contribution in [0.1, 0.15) is 27.4 Å². The van der Waals surface area contributed by atoms with Crippen LogP contribution in [0.4, 0.5) is 22.9 Å². The molecule has 0 saturated carbocycles. The van der Waals surface area contributed by atoms with Crippen molar-refractivity contribution in [2.24, 2.45) is 0 Å². The average Bonchev–Trinajstić information content (AvgIpc) is 3.63. The number of thiophene rings is 1. The van der Waals surface area contributed by atoms with Crippen LogP contribution in [0, 0.1) is 0 Å². The molecule has 1 saturated heterocycles. The highest BCUT2D eigenvalue weighted by atomic mass is 32.1. The van der Waals surface area contributed by atoms with Crippen LogP contribution in [0.25, 0.3) is 10.2 Å². The van der Waals surface area contributed by atoms with E-state index < -0.39 is 0 Å². The van der Waals surface area contributed by atoms with Gasteiger partial charge in [0, 0.05) is 63.9 Å². The summed E-state index contributed by atoms with van der Waals surface area (Å²) in [4.78, 5) is 34.0. The lowest BCUT2D eigenvalue weighted by Crippen LogP contribution is -2.45. The fraction of sp³-hybridized carbons (Fsp3) is 0.433. The second kappa shape index (κ2) is 12.2. The van der Waals surface area contributed by atoms with Gasteiger partial charge in [0.1, 0.15) is 17.0 Å². The molecule has 0 spiro atoms. The number of aromatic nitrogens is 2. The maximum atomic E-state index is 12.7. The van der Waals surface area contributed by atoms with Crippen molar-refractivity contribution in [1.82, 2.24) is 24.7 Å². The second-order valence-electron chi connectivity index (χ2n) is 11.1. The van der Waals surface area contributed by atoms with E-state index in [0.29, 0.717) is 5.69 Å². The van der Waals surface area contributed by atoms with E-state index in [2.05, 4.69) is 42.3 Å². The predicted octanol–water partition coefficient (Wildman–Crippen LogP) is 4.34. The molecule has 216 valence electrons. The normalized spacial score (nSPS) is 16.6. The minimum Gasteiger partial charge on any atom is -0.459 e. The van der Waals surface area contributed by atoms with Crippen LogP contribution >= 0.6 is 11.3 Å². The Bertz CT molecular complexity index is 1490. The molecule has 0 radical (unpaired) electrons. The van der Waals surface area contributed by atoms with Crippen LogP contribution in [0.5, 0.6) is 0 Å². The summed E-state index contributed by atoms with van der Waals surface area (Å²) < 4.78 is 5.28. The average molecular weight is 575 g/mol. The van der Waals surface area contributed by atoms with Gasteiger partial charge in [0.15, 0.2) is 5.76 Å². The predicted molar refractivity (Wildman–Crippen MR) is 166 cm³/mol. The molecule has 0 unspecified atom stereocenters. The van der Waals surface area contributed by atoms with E-state index >= 15 is 0 Å². The van der Waals surface area contributed by atoms with Crippen LogP contribution < -0.4 is 15.5 Å². The lowest BCUT2D eigenvalue weighted by Gasteiger charge is -2.33. The van der Waals surface area contributed by atoms with Crippen LogP contribution in [-0.2, 0) is 13.0 Å². The first kappa shape index (κ1) is 27.6. The van der Waals surface area contributed by atoms with Gasteiger partial charge in [-0.05, 0) is 68.9 Å². The Kier molecular flexibility index (Phi) is 8.20. The summed E-state index contributed by atoms with van der Waals surface area (Å²) in [6.07, 6.45) is 5.33. The van der Waals surface area contributed by atoms with E-state index in [1.807, 2.05) is 37.2 Å². The lowest BCUT2D eigenvalue weighted by molar-refractivity contribution is 0.0996. The summed E-state index contributed by atoms with van der Waals surface area (Å²) in [5.74, 6) is 0.778. The van der Waals surface area contributed by atoms with Crippen molar-refractivity contribution in [3.8, 4) is 0 Å². The number of furan rings is 1. The highest BCUT2D eigenvalue weighted by molar-refractivity contribution is 7.19. The van der Waals surface area contributed by atoms with Crippen molar-refractivity contribution < 1.29 is 9.21 Å². The number of piperazine rings is 1. The van der Waals surface area contributed by atoms with E-state index in [0.717, 1.165) is 53.5 Å². The number of rotatable bonds is 9. The summed E-state index contributed by atoms with van der Waals surface area (Å²) in [6, 6.07) is 9.29. The number of nitrogens with one attached hydrogen (secondary N) is 2. The molecule has 1 amide bonds. The zero-order chi connectivity index (χ0) is 28.3. The highest BCUT2D eigenvalue weighted by Gasteiger charge is 2.24. The number of nitrogens with zero attached hydrogens (tertiary/aromatic N) is 6. The monoisotopic (exact) mass is 574 g/mol. The van der Waals surface area contributed by atoms with Crippen molar-refractivity contribution in [1.29, 1.82) is 0 Å². The number of carbonyl (C=O) groups excluding carboxylic acids is 1. The highest BCUT2D eigenvalue weighted by Crippen LogP contribution is 2.39. The fourth-order valence-electron chi connectivity index (χ4n) is 5.69. The first-order chi connectivity index (χ1) is 19.9. The number of amides is 1. The van der Waals surface area contributed by atoms with Gasteiger partial charge < -0.3 is 29.8 Å². The molecule has 0 aliphatic carbocycles. The van der Waals surface area contributed by atoms with Crippen LogP contribution in [-0.4, -0.2) is 97.5 Å². The van der Waals surface area contributed by atoms with Gasteiger partial charge in [-0.2, -0.15) is 0 Å². The molecule has 2 N–H and O–H groups in total. The Morgan fingerprint density at radius 3 is 2.68 bits per heavy atom. The van der Waals surface area contributed by atoms with Crippen molar-refractivity contribution >= 4 is 50.3 Å². The third kappa shape index (κ3) is 6.23. The van der Waals surface area contributed by atoms with Crippen molar-refractivity contribution in [3.63, 3.8) is 0 Å². The third-order valence-electron chi connectivity index (χ3n) is 7.99. The molecule has 1 aromatic carbocycles. The van der Waals surface area contributed by atoms with E-state index in [9.17, 15) is 4.79 Å². The molecule has 0 atom stereocenters. The van der Waals surface area contributed by atoms with Gasteiger partial charge in [-0.1, -0.05) is 0 Å². The van der Waals surface area contributed by atoms with Crippen molar-refractivity contribution in [2.45, 2.75) is 19.4 Å². The van der Waals surface area contributed by atoms with Gasteiger partial charge in [0.25, 0.3) is 5.91 Å². The summed E-state index contributed by atoms with van der Waals surface area (Å²) >= 11 is 1.78. The van der Waals surface area contributed by atoms with E-state index in [-0.39, 0.29) is 11.7 Å². The Morgan fingerprint density at radius 2 is 1.90 bits per heavy atom. The second-order valence-corrected chi connectivity index (χ2v) is 12.2. The van der Waals surface area contributed by atoms with Gasteiger partial charge in [-0.15, -0.1) is 11.3 Å². The molecule has 5 heterocycles. The quantitative estimate of drug-likeness (QED) is 0.303.